The summed E-state index contributed by atoms with van der Waals surface area (Å²) in [6, 6.07) is 17.2. The number of amides is 1. The lowest BCUT2D eigenvalue weighted by Gasteiger charge is -2.22. The molecule has 1 fully saturated rings. The first kappa shape index (κ1) is 22.7. The molecule has 1 amide bonds. The predicted molar refractivity (Wildman–Crippen MR) is 115 cm³/mol. The van der Waals surface area contributed by atoms with Crippen molar-refractivity contribution in [3.8, 4) is 0 Å². The van der Waals surface area contributed by atoms with E-state index < -0.39 is 5.54 Å². The Morgan fingerprint density at radius 2 is 1.72 bits per heavy atom. The predicted octanol–water partition coefficient (Wildman–Crippen LogP) is 2.22. The number of aryl methyl sites for hydroxylation is 1. The van der Waals surface area contributed by atoms with Gasteiger partial charge >= 0.3 is 0 Å². The normalized spacial score (nSPS) is 18.1. The third kappa shape index (κ3) is 6.78. The van der Waals surface area contributed by atoms with Gasteiger partial charge in [0.1, 0.15) is 0 Å². The Balaban J connectivity index is 0.000000253. The maximum absolute atomic E-state index is 12.3. The molecule has 0 bridgehead atoms. The lowest BCUT2D eigenvalue weighted by molar-refractivity contribution is 0.0775. The third-order valence-electron chi connectivity index (χ3n) is 5.02. The van der Waals surface area contributed by atoms with Crippen molar-refractivity contribution in [1.29, 1.82) is 5.41 Å². The van der Waals surface area contributed by atoms with Crippen LogP contribution in [-0.4, -0.2) is 58.6 Å². The Kier molecular flexibility index (Phi) is 8.51. The number of benzene rings is 2. The van der Waals surface area contributed by atoms with E-state index in [2.05, 4.69) is 12.1 Å². The van der Waals surface area contributed by atoms with Crippen LogP contribution < -0.4 is 5.73 Å². The van der Waals surface area contributed by atoms with Gasteiger partial charge in [-0.3, -0.25) is 4.79 Å². The first-order valence-corrected chi connectivity index (χ1v) is 9.88. The van der Waals surface area contributed by atoms with Crippen LogP contribution in [0.5, 0.6) is 0 Å². The Labute approximate surface area is 172 Å². The van der Waals surface area contributed by atoms with E-state index in [9.17, 15) is 9.90 Å². The minimum atomic E-state index is -0.666. The van der Waals surface area contributed by atoms with E-state index in [1.807, 2.05) is 18.2 Å². The molecule has 1 aliphatic heterocycles. The van der Waals surface area contributed by atoms with Crippen LogP contribution in [0.1, 0.15) is 41.3 Å². The molecule has 2 aromatic rings. The van der Waals surface area contributed by atoms with Crippen LogP contribution in [0.4, 0.5) is 0 Å². The summed E-state index contributed by atoms with van der Waals surface area (Å²) in [7, 11) is 0. The SMILES string of the molecule is CC(=N)c1ccc(C(=O)N2CCC(N)(CO)C2)cc1.OCCCc1ccccc1. The largest absolute Gasteiger partial charge is 0.396 e. The number of hydrogen-bond acceptors (Lipinski definition) is 5. The molecule has 6 heteroatoms. The second kappa shape index (κ2) is 10.9. The Hall–Kier alpha value is -2.54. The molecule has 3 rings (SSSR count). The van der Waals surface area contributed by atoms with E-state index in [0.717, 1.165) is 18.4 Å². The van der Waals surface area contributed by atoms with E-state index in [0.29, 0.717) is 30.8 Å². The summed E-state index contributed by atoms with van der Waals surface area (Å²) < 4.78 is 0. The van der Waals surface area contributed by atoms with Gasteiger partial charge in [0.15, 0.2) is 0 Å². The van der Waals surface area contributed by atoms with Crippen molar-refractivity contribution in [2.45, 2.75) is 31.7 Å². The highest BCUT2D eigenvalue weighted by molar-refractivity contribution is 5.99. The highest BCUT2D eigenvalue weighted by Crippen LogP contribution is 2.20. The molecule has 0 aromatic heterocycles. The van der Waals surface area contributed by atoms with Gasteiger partial charge in [0.25, 0.3) is 5.91 Å². The monoisotopic (exact) mass is 397 g/mol. The first-order chi connectivity index (χ1) is 13.9. The second-order valence-corrected chi connectivity index (χ2v) is 7.51. The molecule has 5 N–H and O–H groups in total. The van der Waals surface area contributed by atoms with Crippen LogP contribution >= 0.6 is 0 Å². The summed E-state index contributed by atoms with van der Waals surface area (Å²) >= 11 is 0. The van der Waals surface area contributed by atoms with Crippen LogP contribution in [-0.2, 0) is 6.42 Å². The number of hydrogen-bond donors (Lipinski definition) is 4. The van der Waals surface area contributed by atoms with Gasteiger partial charge in [0.05, 0.1) is 12.1 Å². The number of rotatable bonds is 6. The summed E-state index contributed by atoms with van der Waals surface area (Å²) in [4.78, 5) is 13.9. The average molecular weight is 398 g/mol. The quantitative estimate of drug-likeness (QED) is 0.560. The molecule has 6 nitrogen and oxygen atoms in total. The fraction of sp³-hybridized carbons (Fsp3) is 0.391. The number of aliphatic hydroxyl groups is 2. The van der Waals surface area contributed by atoms with E-state index in [1.165, 1.54) is 5.56 Å². The fourth-order valence-electron chi connectivity index (χ4n) is 3.17. The second-order valence-electron chi connectivity index (χ2n) is 7.51. The number of nitrogens with one attached hydrogen (secondary N) is 1. The van der Waals surface area contributed by atoms with Crippen LogP contribution in [0.15, 0.2) is 54.6 Å². The number of carbonyl (C=O) groups is 1. The fourth-order valence-corrected chi connectivity index (χ4v) is 3.17. The Morgan fingerprint density at radius 1 is 1.10 bits per heavy atom. The summed E-state index contributed by atoms with van der Waals surface area (Å²) in [5.74, 6) is -0.0741. The molecule has 0 aliphatic carbocycles. The van der Waals surface area contributed by atoms with E-state index in [1.54, 1.807) is 36.1 Å². The van der Waals surface area contributed by atoms with Crippen LogP contribution in [0.2, 0.25) is 0 Å². The minimum Gasteiger partial charge on any atom is -0.396 e. The highest BCUT2D eigenvalue weighted by atomic mass is 16.3. The molecule has 0 saturated carbocycles. The van der Waals surface area contributed by atoms with E-state index in [4.69, 9.17) is 16.2 Å². The molecule has 2 aromatic carbocycles. The van der Waals surface area contributed by atoms with Gasteiger partial charge in [-0.15, -0.1) is 0 Å². The van der Waals surface area contributed by atoms with Gasteiger partial charge in [-0.2, -0.15) is 0 Å². The molecular formula is C23H31N3O3. The number of nitrogens with zero attached hydrogens (tertiary/aromatic N) is 1. The van der Waals surface area contributed by atoms with Gasteiger partial charge in [-0.05, 0) is 49.4 Å². The molecule has 1 atom stereocenters. The van der Waals surface area contributed by atoms with Gasteiger partial charge in [0, 0.05) is 31.0 Å². The minimum absolute atomic E-state index is 0.0741. The maximum Gasteiger partial charge on any atom is 0.253 e. The highest BCUT2D eigenvalue weighted by Gasteiger charge is 2.36. The third-order valence-corrected chi connectivity index (χ3v) is 5.02. The van der Waals surface area contributed by atoms with Crippen molar-refractivity contribution in [2.75, 3.05) is 26.3 Å². The number of nitrogens with two attached hydrogens (primary N) is 1. The van der Waals surface area contributed by atoms with Crippen molar-refractivity contribution < 1.29 is 15.0 Å². The average Bonchev–Trinajstić information content (AvgIpc) is 3.16. The van der Waals surface area contributed by atoms with Crippen molar-refractivity contribution in [3.63, 3.8) is 0 Å². The summed E-state index contributed by atoms with van der Waals surface area (Å²) in [5, 5.41) is 25.3. The maximum atomic E-state index is 12.3. The first-order valence-electron chi connectivity index (χ1n) is 9.88. The molecule has 0 radical (unpaired) electrons. The topological polar surface area (TPSA) is 111 Å². The summed E-state index contributed by atoms with van der Waals surface area (Å²) in [6.45, 7) is 2.84. The summed E-state index contributed by atoms with van der Waals surface area (Å²) in [5.41, 5.74) is 8.46. The zero-order chi connectivity index (χ0) is 21.3. The lowest BCUT2D eigenvalue weighted by atomic mass is 10.0. The van der Waals surface area contributed by atoms with Crippen molar-refractivity contribution in [2.24, 2.45) is 5.73 Å². The standard InChI is InChI=1S/C14H19N3O2.C9H12O/c1-10(15)11-2-4-12(5-3-11)13(19)17-7-6-14(16,8-17)9-18;10-8-4-7-9-5-2-1-3-6-9/h2-5,15,18H,6-9,16H2,1H3;1-3,5-6,10H,4,7-8H2. The molecule has 1 saturated heterocycles. The molecular weight excluding hydrogens is 366 g/mol. The van der Waals surface area contributed by atoms with Crippen LogP contribution in [0.3, 0.4) is 0 Å². The van der Waals surface area contributed by atoms with Crippen molar-refractivity contribution in [3.05, 3.63) is 71.3 Å². The molecule has 156 valence electrons. The molecule has 1 unspecified atom stereocenters. The van der Waals surface area contributed by atoms with Gasteiger partial charge in [-0.1, -0.05) is 42.5 Å². The van der Waals surface area contributed by atoms with E-state index in [-0.39, 0.29) is 19.1 Å². The van der Waals surface area contributed by atoms with Gasteiger partial charge < -0.3 is 26.3 Å². The molecule has 0 spiro atoms. The van der Waals surface area contributed by atoms with Crippen molar-refractivity contribution in [1.82, 2.24) is 4.90 Å². The lowest BCUT2D eigenvalue weighted by Crippen LogP contribution is -2.46. The number of aliphatic hydroxyl groups excluding tert-OH is 2. The Morgan fingerprint density at radius 3 is 2.24 bits per heavy atom. The molecule has 29 heavy (non-hydrogen) atoms. The van der Waals surface area contributed by atoms with Crippen molar-refractivity contribution >= 4 is 11.6 Å². The Bertz CT molecular complexity index is 793. The molecule has 1 aliphatic rings. The summed E-state index contributed by atoms with van der Waals surface area (Å²) in [6.07, 6.45) is 2.47. The van der Waals surface area contributed by atoms with Gasteiger partial charge in [0.2, 0.25) is 0 Å². The number of carbonyl (C=O) groups excluding carboxylic acids is 1. The zero-order valence-corrected chi connectivity index (χ0v) is 17.0. The molecule has 1 heterocycles. The van der Waals surface area contributed by atoms with Gasteiger partial charge in [-0.25, -0.2) is 0 Å². The smallest absolute Gasteiger partial charge is 0.253 e. The van der Waals surface area contributed by atoms with Crippen LogP contribution in [0.25, 0.3) is 0 Å². The zero-order valence-electron chi connectivity index (χ0n) is 17.0. The number of likely N-dealkylation sites (tertiary alicyclic amines) is 1. The van der Waals surface area contributed by atoms with E-state index >= 15 is 0 Å². The van der Waals surface area contributed by atoms with Crippen LogP contribution in [0, 0.1) is 5.41 Å².